The van der Waals surface area contributed by atoms with Crippen LogP contribution in [-0.4, -0.2) is 47.3 Å². The maximum atomic E-state index is 12.9. The number of halogens is 1. The Morgan fingerprint density at radius 3 is 2.32 bits per heavy atom. The quantitative estimate of drug-likeness (QED) is 0.742. The van der Waals surface area contributed by atoms with Gasteiger partial charge in [-0.2, -0.15) is 5.10 Å². The Morgan fingerprint density at radius 1 is 1.14 bits per heavy atom. The normalized spacial score (nSPS) is 24.5. The van der Waals surface area contributed by atoms with Crippen LogP contribution < -0.4 is 0 Å². The Morgan fingerprint density at radius 2 is 1.79 bits per heavy atom. The molecule has 2 fully saturated rings. The van der Waals surface area contributed by atoms with Crippen molar-refractivity contribution >= 4 is 27.3 Å². The first kappa shape index (κ1) is 19.5. The summed E-state index contributed by atoms with van der Waals surface area (Å²) < 4.78 is 25.0. The number of hydrogen-bond acceptors (Lipinski definition) is 4. The molecular weight excluding hydrogens is 398 g/mol. The van der Waals surface area contributed by atoms with Crippen molar-refractivity contribution in [1.29, 1.82) is 0 Å². The Balaban J connectivity index is 1.37. The van der Waals surface area contributed by atoms with Gasteiger partial charge in [0.25, 0.3) is 0 Å². The average Bonchev–Trinajstić information content (AvgIpc) is 3.20. The molecule has 6 nitrogen and oxygen atoms in total. The number of hydrogen-bond donors (Lipinski definition) is 0. The lowest BCUT2D eigenvalue weighted by atomic mass is 9.96. The summed E-state index contributed by atoms with van der Waals surface area (Å²) in [7, 11) is -3.19. The Labute approximate surface area is 170 Å². The molecular formula is C20H24ClN3O3S. The summed E-state index contributed by atoms with van der Waals surface area (Å²) in [4.78, 5) is 15.3. The second-order valence-corrected chi connectivity index (χ2v) is 10.3. The minimum atomic E-state index is -3.19. The molecule has 1 aromatic carbocycles. The van der Waals surface area contributed by atoms with Crippen molar-refractivity contribution in [3.05, 3.63) is 47.2 Å². The fraction of sp³-hybridized carbons (Fsp3) is 0.500. The Bertz CT molecular complexity index is 957. The van der Waals surface area contributed by atoms with Gasteiger partial charge in [-0.3, -0.25) is 9.48 Å². The number of amides is 1. The number of aromatic nitrogens is 2. The van der Waals surface area contributed by atoms with Crippen LogP contribution in [0.2, 0.25) is 5.02 Å². The fourth-order valence-corrected chi connectivity index (χ4v) is 5.34. The van der Waals surface area contributed by atoms with Crippen LogP contribution >= 0.6 is 11.6 Å². The molecule has 2 aliphatic rings. The van der Waals surface area contributed by atoms with Gasteiger partial charge in [-0.05, 0) is 49.8 Å². The largest absolute Gasteiger partial charge is 0.337 e. The molecule has 0 aliphatic carbocycles. The summed E-state index contributed by atoms with van der Waals surface area (Å²) in [5.74, 6) is 0.191. The maximum absolute atomic E-state index is 12.9. The van der Waals surface area contributed by atoms with Crippen molar-refractivity contribution in [2.75, 3.05) is 6.26 Å². The Kier molecular flexibility index (Phi) is 5.22. The van der Waals surface area contributed by atoms with Crippen molar-refractivity contribution in [3.8, 4) is 0 Å². The molecule has 8 heteroatoms. The summed E-state index contributed by atoms with van der Waals surface area (Å²) in [5, 5.41) is 4.99. The molecule has 2 bridgehead atoms. The van der Waals surface area contributed by atoms with Gasteiger partial charge in [-0.15, -0.1) is 0 Å². The third kappa shape index (κ3) is 3.96. The topological polar surface area (TPSA) is 72.3 Å². The minimum Gasteiger partial charge on any atom is -0.337 e. The molecule has 150 valence electrons. The zero-order chi connectivity index (χ0) is 19.9. The first-order valence-corrected chi connectivity index (χ1v) is 11.9. The average molecular weight is 422 g/mol. The molecule has 2 unspecified atom stereocenters. The number of rotatable bonds is 5. The first-order chi connectivity index (χ1) is 13.3. The third-order valence-electron chi connectivity index (χ3n) is 5.92. The second-order valence-electron chi connectivity index (χ2n) is 7.87. The number of sulfone groups is 1. The smallest absolute Gasteiger partial charge is 0.223 e. The second kappa shape index (κ2) is 7.52. The van der Waals surface area contributed by atoms with Gasteiger partial charge in [0.2, 0.25) is 5.91 Å². The monoisotopic (exact) mass is 421 g/mol. The lowest BCUT2D eigenvalue weighted by Gasteiger charge is -2.39. The van der Waals surface area contributed by atoms with Crippen molar-refractivity contribution in [1.82, 2.24) is 14.7 Å². The molecule has 3 heterocycles. The lowest BCUT2D eigenvalue weighted by Crippen LogP contribution is -2.47. The van der Waals surface area contributed by atoms with Crippen molar-refractivity contribution < 1.29 is 13.2 Å². The molecule has 1 amide bonds. The van der Waals surface area contributed by atoms with Gasteiger partial charge in [0.05, 0.1) is 22.2 Å². The van der Waals surface area contributed by atoms with Crippen molar-refractivity contribution in [3.63, 3.8) is 0 Å². The van der Waals surface area contributed by atoms with Gasteiger partial charge < -0.3 is 4.90 Å². The molecule has 0 N–H and O–H groups in total. The summed E-state index contributed by atoms with van der Waals surface area (Å²) in [6.07, 6.45) is 9.73. The Hall–Kier alpha value is -1.86. The molecule has 0 spiro atoms. The van der Waals surface area contributed by atoms with Gasteiger partial charge in [-0.25, -0.2) is 8.42 Å². The molecule has 28 heavy (non-hydrogen) atoms. The maximum Gasteiger partial charge on any atom is 0.223 e. The number of carbonyl (C=O) groups is 1. The highest BCUT2D eigenvalue weighted by Crippen LogP contribution is 2.41. The van der Waals surface area contributed by atoms with Crippen LogP contribution in [0.3, 0.4) is 0 Å². The van der Waals surface area contributed by atoms with Gasteiger partial charge in [0.15, 0.2) is 9.84 Å². The molecule has 2 saturated heterocycles. The van der Waals surface area contributed by atoms with Crippen LogP contribution in [0, 0.1) is 0 Å². The van der Waals surface area contributed by atoms with E-state index in [0.717, 1.165) is 31.2 Å². The highest BCUT2D eigenvalue weighted by atomic mass is 35.5. The standard InChI is InChI=1S/C20H24ClN3O3S/c1-28(26,27)19-7-2-14(3-8-19)4-9-20(25)24-16-5-6-17(24)11-18(10-16)23-13-15(21)12-22-23/h2-3,7-8,12-13,16-18H,4-6,9-11H2,1H3. The predicted molar refractivity (Wildman–Crippen MR) is 107 cm³/mol. The molecule has 4 rings (SSSR count). The van der Waals surface area contributed by atoms with Gasteiger partial charge in [0, 0.05) is 31.0 Å². The van der Waals surface area contributed by atoms with E-state index in [4.69, 9.17) is 11.6 Å². The summed E-state index contributed by atoms with van der Waals surface area (Å²) in [5.41, 5.74) is 0.981. The third-order valence-corrected chi connectivity index (χ3v) is 7.24. The van der Waals surface area contributed by atoms with E-state index in [1.165, 1.54) is 6.26 Å². The summed E-state index contributed by atoms with van der Waals surface area (Å²) in [6, 6.07) is 7.66. The van der Waals surface area contributed by atoms with Crippen LogP contribution in [0.4, 0.5) is 0 Å². The SMILES string of the molecule is CS(=O)(=O)c1ccc(CCC(=O)N2C3CCC2CC(n2cc(Cl)cn2)C3)cc1. The van der Waals surface area contributed by atoms with E-state index in [2.05, 4.69) is 10.00 Å². The minimum absolute atomic E-state index is 0.191. The van der Waals surface area contributed by atoms with E-state index in [-0.39, 0.29) is 18.0 Å². The first-order valence-electron chi connectivity index (χ1n) is 9.61. The number of piperidine rings is 1. The number of benzene rings is 1. The fourth-order valence-electron chi connectivity index (χ4n) is 4.57. The van der Waals surface area contributed by atoms with Crippen LogP contribution in [-0.2, 0) is 21.1 Å². The van der Waals surface area contributed by atoms with Crippen molar-refractivity contribution in [2.24, 2.45) is 0 Å². The van der Waals surface area contributed by atoms with Gasteiger partial charge >= 0.3 is 0 Å². The molecule has 0 radical (unpaired) electrons. The van der Waals surface area contributed by atoms with E-state index < -0.39 is 9.84 Å². The van der Waals surface area contributed by atoms with Crippen LogP contribution in [0.25, 0.3) is 0 Å². The van der Waals surface area contributed by atoms with Crippen LogP contribution in [0.5, 0.6) is 0 Å². The van der Waals surface area contributed by atoms with E-state index in [1.807, 2.05) is 10.9 Å². The van der Waals surface area contributed by atoms with Gasteiger partial charge in [0.1, 0.15) is 0 Å². The molecule has 2 atom stereocenters. The molecule has 2 aliphatic heterocycles. The van der Waals surface area contributed by atoms with Crippen LogP contribution in [0.15, 0.2) is 41.6 Å². The van der Waals surface area contributed by atoms with Crippen molar-refractivity contribution in [2.45, 2.75) is 61.5 Å². The molecule has 0 saturated carbocycles. The number of fused-ring (bicyclic) bond motifs is 2. The van der Waals surface area contributed by atoms with E-state index in [9.17, 15) is 13.2 Å². The summed E-state index contributed by atoms with van der Waals surface area (Å²) in [6.45, 7) is 0. The van der Waals surface area contributed by atoms with Gasteiger partial charge in [-0.1, -0.05) is 23.7 Å². The number of nitrogens with zero attached hydrogens (tertiary/aromatic N) is 3. The number of carbonyl (C=O) groups excluding carboxylic acids is 1. The highest BCUT2D eigenvalue weighted by Gasteiger charge is 2.43. The van der Waals surface area contributed by atoms with E-state index >= 15 is 0 Å². The number of aryl methyl sites for hydroxylation is 1. The highest BCUT2D eigenvalue weighted by molar-refractivity contribution is 7.90. The zero-order valence-electron chi connectivity index (χ0n) is 15.8. The zero-order valence-corrected chi connectivity index (χ0v) is 17.4. The summed E-state index contributed by atoms with van der Waals surface area (Å²) >= 11 is 6.00. The predicted octanol–water partition coefficient (Wildman–Crippen LogP) is 3.27. The molecule has 2 aromatic rings. The van der Waals surface area contributed by atoms with Crippen LogP contribution in [0.1, 0.15) is 43.7 Å². The lowest BCUT2D eigenvalue weighted by molar-refractivity contribution is -0.136. The van der Waals surface area contributed by atoms with E-state index in [1.54, 1.807) is 30.5 Å². The molecule has 1 aromatic heterocycles. The van der Waals surface area contributed by atoms with E-state index in [0.29, 0.717) is 28.8 Å².